The fourth-order valence-electron chi connectivity index (χ4n) is 3.37. The monoisotopic (exact) mass is 382 g/mol. The van der Waals surface area contributed by atoms with Crippen LogP contribution in [0.25, 0.3) is 0 Å². The highest BCUT2D eigenvalue weighted by molar-refractivity contribution is 6.14. The van der Waals surface area contributed by atoms with Crippen LogP contribution in [-0.4, -0.2) is 23.6 Å². The first-order chi connectivity index (χ1) is 13.3. The molecule has 1 atom stereocenters. The summed E-state index contributed by atoms with van der Waals surface area (Å²) >= 11 is 0. The molecule has 6 heteroatoms. The van der Waals surface area contributed by atoms with Gasteiger partial charge in [-0.1, -0.05) is 13.0 Å². The Labute approximate surface area is 164 Å². The third-order valence-corrected chi connectivity index (χ3v) is 5.21. The molecule has 1 aliphatic carbocycles. The normalized spacial score (nSPS) is 14.4. The molecule has 28 heavy (non-hydrogen) atoms. The van der Waals surface area contributed by atoms with Gasteiger partial charge in [0.25, 0.3) is 11.8 Å². The molecule has 2 amide bonds. The van der Waals surface area contributed by atoms with E-state index in [0.29, 0.717) is 46.7 Å². The third kappa shape index (κ3) is 3.86. The van der Waals surface area contributed by atoms with Crippen molar-refractivity contribution < 1.29 is 18.8 Å². The molecule has 2 N–H and O–H groups in total. The lowest BCUT2D eigenvalue weighted by molar-refractivity contribution is 0.0937. The molecule has 1 aromatic carbocycles. The van der Waals surface area contributed by atoms with E-state index >= 15 is 0 Å². The molecule has 1 aromatic heterocycles. The van der Waals surface area contributed by atoms with E-state index in [-0.39, 0.29) is 23.6 Å². The van der Waals surface area contributed by atoms with Crippen LogP contribution in [0.1, 0.15) is 81.3 Å². The van der Waals surface area contributed by atoms with Gasteiger partial charge in [0, 0.05) is 30.1 Å². The molecule has 0 saturated carbocycles. The van der Waals surface area contributed by atoms with E-state index < -0.39 is 0 Å². The Morgan fingerprint density at radius 1 is 1.18 bits per heavy atom. The van der Waals surface area contributed by atoms with Crippen molar-refractivity contribution in [2.45, 2.75) is 59.4 Å². The van der Waals surface area contributed by atoms with Gasteiger partial charge in [-0.25, -0.2) is 0 Å². The van der Waals surface area contributed by atoms with Crippen LogP contribution in [0.2, 0.25) is 0 Å². The van der Waals surface area contributed by atoms with Gasteiger partial charge in [-0.2, -0.15) is 0 Å². The van der Waals surface area contributed by atoms with E-state index in [1.807, 2.05) is 20.8 Å². The zero-order valence-corrected chi connectivity index (χ0v) is 16.8. The van der Waals surface area contributed by atoms with Gasteiger partial charge in [0.05, 0.1) is 11.1 Å². The first-order valence-electron chi connectivity index (χ1n) is 9.70. The van der Waals surface area contributed by atoms with E-state index in [4.69, 9.17) is 4.42 Å². The Hall–Kier alpha value is -2.89. The number of rotatable bonds is 5. The second-order valence-electron chi connectivity index (χ2n) is 7.37. The summed E-state index contributed by atoms with van der Waals surface area (Å²) in [6.07, 6.45) is 2.67. The second-order valence-corrected chi connectivity index (χ2v) is 7.37. The van der Waals surface area contributed by atoms with Gasteiger partial charge in [-0.15, -0.1) is 0 Å². The molecule has 6 nitrogen and oxygen atoms in total. The molecule has 0 fully saturated rings. The number of nitrogens with one attached hydrogen (secondary N) is 2. The molecule has 148 valence electrons. The first-order valence-corrected chi connectivity index (χ1v) is 9.70. The standard InChI is InChI=1S/C22H26N2O4/c1-5-13(3)23-21(26)15-10-9-12(2)16(11-15)24-22(27)19-14(4)28-18-8-6-7-17(25)20(18)19/h9-11,13H,5-8H2,1-4H3,(H,23,26)(H,24,27). The number of Topliss-reactive ketones (excluding diaryl/α,β-unsaturated/α-hetero) is 1. The highest BCUT2D eigenvalue weighted by Crippen LogP contribution is 2.30. The van der Waals surface area contributed by atoms with Gasteiger partial charge in [-0.3, -0.25) is 14.4 Å². The van der Waals surface area contributed by atoms with Crippen molar-refractivity contribution in [2.75, 3.05) is 5.32 Å². The summed E-state index contributed by atoms with van der Waals surface area (Å²) in [6, 6.07) is 5.26. The van der Waals surface area contributed by atoms with Crippen LogP contribution in [0.5, 0.6) is 0 Å². The summed E-state index contributed by atoms with van der Waals surface area (Å²) in [5.74, 6) is 0.414. The van der Waals surface area contributed by atoms with Gasteiger partial charge in [0.1, 0.15) is 11.5 Å². The molecule has 2 aromatic rings. The average molecular weight is 382 g/mol. The minimum Gasteiger partial charge on any atom is -0.465 e. The van der Waals surface area contributed by atoms with Crippen molar-refractivity contribution in [3.63, 3.8) is 0 Å². The SMILES string of the molecule is CCC(C)NC(=O)c1ccc(C)c(NC(=O)c2c(C)oc3c2C(=O)CCC3)c1. The van der Waals surface area contributed by atoms with Crippen molar-refractivity contribution in [3.05, 3.63) is 52.0 Å². The Kier molecular flexibility index (Phi) is 5.68. The lowest BCUT2D eigenvalue weighted by Crippen LogP contribution is -2.32. The number of amides is 2. The molecular formula is C22H26N2O4. The Morgan fingerprint density at radius 3 is 2.64 bits per heavy atom. The number of anilines is 1. The van der Waals surface area contributed by atoms with Crippen LogP contribution in [0, 0.1) is 13.8 Å². The predicted molar refractivity (Wildman–Crippen MR) is 107 cm³/mol. The summed E-state index contributed by atoms with van der Waals surface area (Å²) < 4.78 is 5.67. The van der Waals surface area contributed by atoms with Crippen LogP contribution in [-0.2, 0) is 6.42 Å². The minimum absolute atomic E-state index is 0.0540. The fourth-order valence-corrected chi connectivity index (χ4v) is 3.37. The highest BCUT2D eigenvalue weighted by Gasteiger charge is 2.30. The van der Waals surface area contributed by atoms with Crippen LogP contribution >= 0.6 is 0 Å². The number of hydrogen-bond acceptors (Lipinski definition) is 4. The van der Waals surface area contributed by atoms with E-state index in [9.17, 15) is 14.4 Å². The molecule has 1 aliphatic rings. The topological polar surface area (TPSA) is 88.4 Å². The molecular weight excluding hydrogens is 356 g/mol. The molecule has 0 bridgehead atoms. The van der Waals surface area contributed by atoms with Gasteiger partial charge >= 0.3 is 0 Å². The van der Waals surface area contributed by atoms with Crippen molar-refractivity contribution in [1.29, 1.82) is 0 Å². The van der Waals surface area contributed by atoms with Crippen LogP contribution in [0.4, 0.5) is 5.69 Å². The van der Waals surface area contributed by atoms with Crippen LogP contribution in [0.3, 0.4) is 0 Å². The maximum atomic E-state index is 12.9. The quantitative estimate of drug-likeness (QED) is 0.811. The number of aryl methyl sites for hydroxylation is 3. The van der Waals surface area contributed by atoms with Gasteiger partial charge in [-0.05, 0) is 51.3 Å². The number of furan rings is 1. The van der Waals surface area contributed by atoms with E-state index in [1.54, 1.807) is 25.1 Å². The number of carbonyl (C=O) groups is 3. The minimum atomic E-state index is -0.389. The smallest absolute Gasteiger partial charge is 0.259 e. The fraction of sp³-hybridized carbons (Fsp3) is 0.409. The van der Waals surface area contributed by atoms with Gasteiger partial charge < -0.3 is 15.1 Å². The van der Waals surface area contributed by atoms with Crippen LogP contribution in [0.15, 0.2) is 22.6 Å². The summed E-state index contributed by atoms with van der Waals surface area (Å²) in [5.41, 5.74) is 2.55. The van der Waals surface area contributed by atoms with Crippen LogP contribution < -0.4 is 10.6 Å². The zero-order chi connectivity index (χ0) is 20.4. The maximum absolute atomic E-state index is 12.9. The molecule has 0 radical (unpaired) electrons. The lowest BCUT2D eigenvalue weighted by atomic mass is 9.93. The summed E-state index contributed by atoms with van der Waals surface area (Å²) in [7, 11) is 0. The summed E-state index contributed by atoms with van der Waals surface area (Å²) in [6.45, 7) is 7.50. The Morgan fingerprint density at radius 2 is 1.93 bits per heavy atom. The second kappa shape index (κ2) is 8.00. The molecule has 1 unspecified atom stereocenters. The van der Waals surface area contributed by atoms with Crippen molar-refractivity contribution in [3.8, 4) is 0 Å². The van der Waals surface area contributed by atoms with Crippen molar-refractivity contribution in [2.24, 2.45) is 0 Å². The van der Waals surface area contributed by atoms with E-state index in [0.717, 1.165) is 18.4 Å². The molecule has 0 saturated heterocycles. The molecule has 0 aliphatic heterocycles. The van der Waals surface area contributed by atoms with Gasteiger partial charge in [0.15, 0.2) is 5.78 Å². The number of carbonyl (C=O) groups excluding carboxylic acids is 3. The number of hydrogen-bond donors (Lipinski definition) is 2. The maximum Gasteiger partial charge on any atom is 0.259 e. The summed E-state index contributed by atoms with van der Waals surface area (Å²) in [4.78, 5) is 37.7. The molecule has 1 heterocycles. The van der Waals surface area contributed by atoms with E-state index in [2.05, 4.69) is 10.6 Å². The zero-order valence-electron chi connectivity index (χ0n) is 16.8. The molecule has 0 spiro atoms. The number of fused-ring (bicyclic) bond motifs is 1. The van der Waals surface area contributed by atoms with Crippen molar-refractivity contribution in [1.82, 2.24) is 5.32 Å². The molecule has 3 rings (SSSR count). The summed E-state index contributed by atoms with van der Waals surface area (Å²) in [5, 5.41) is 5.77. The Balaban J connectivity index is 1.87. The van der Waals surface area contributed by atoms with E-state index in [1.165, 1.54) is 0 Å². The van der Waals surface area contributed by atoms with Crippen molar-refractivity contribution >= 4 is 23.3 Å². The largest absolute Gasteiger partial charge is 0.465 e. The first kappa shape index (κ1) is 19.9. The lowest BCUT2D eigenvalue weighted by Gasteiger charge is -2.14. The highest BCUT2D eigenvalue weighted by atomic mass is 16.3. The Bertz CT molecular complexity index is 942. The third-order valence-electron chi connectivity index (χ3n) is 5.21. The number of ketones is 1. The number of benzene rings is 1. The average Bonchev–Trinajstić information content (AvgIpc) is 3.00. The predicted octanol–water partition coefficient (Wildman–Crippen LogP) is 4.20. The van der Waals surface area contributed by atoms with Gasteiger partial charge in [0.2, 0.25) is 0 Å².